The van der Waals surface area contributed by atoms with Crippen molar-refractivity contribution in [2.45, 2.75) is 20.8 Å². The molecule has 8 nitrogen and oxygen atoms in total. The quantitative estimate of drug-likeness (QED) is 0.485. The number of carbonyl (C=O) groups is 1. The van der Waals surface area contributed by atoms with E-state index in [9.17, 15) is 14.9 Å². The average molecular weight is 302 g/mol. The molecule has 9 heteroatoms. The fourth-order valence-electron chi connectivity index (χ4n) is 1.60. The minimum Gasteiger partial charge on any atom is -0.363 e. The summed E-state index contributed by atoms with van der Waals surface area (Å²) < 4.78 is 0. The molecule has 0 saturated heterocycles. The number of rotatable bonds is 5. The first-order valence-electron chi connectivity index (χ1n) is 5.83. The van der Waals surface area contributed by atoms with E-state index in [1.165, 1.54) is 14.0 Å². The monoisotopic (exact) mass is 301 g/mol. The van der Waals surface area contributed by atoms with Crippen molar-refractivity contribution in [1.29, 1.82) is 0 Å². The molecule has 0 bridgehead atoms. The van der Waals surface area contributed by atoms with Gasteiger partial charge in [0.1, 0.15) is 5.69 Å². The fraction of sp³-hybridized carbons (Fsp3) is 0.545. The molecule has 0 unspecified atom stereocenters. The molecule has 0 atom stereocenters. The van der Waals surface area contributed by atoms with Crippen molar-refractivity contribution in [2.24, 2.45) is 5.41 Å². The molecule has 0 aliphatic rings. The Morgan fingerprint density at radius 2 is 2.05 bits per heavy atom. The van der Waals surface area contributed by atoms with Crippen LogP contribution in [0.2, 0.25) is 5.28 Å². The zero-order chi connectivity index (χ0) is 15.5. The Morgan fingerprint density at radius 3 is 2.55 bits per heavy atom. The molecule has 0 radical (unpaired) electrons. The van der Waals surface area contributed by atoms with E-state index >= 15 is 0 Å². The summed E-state index contributed by atoms with van der Waals surface area (Å²) in [6.07, 6.45) is 0. The van der Waals surface area contributed by atoms with E-state index in [0.717, 1.165) is 0 Å². The first kappa shape index (κ1) is 16.1. The van der Waals surface area contributed by atoms with Crippen molar-refractivity contribution in [3.05, 3.63) is 21.1 Å². The van der Waals surface area contributed by atoms with Crippen molar-refractivity contribution in [1.82, 2.24) is 15.3 Å². The standard InChI is InChI=1S/C11H16ClN5O3/c1-6-7(17(19)20)8(16-10(12)15-6)14-5-11(2,3)9(18)13-4/h5H2,1-4H3,(H,13,18)(H,14,15,16). The van der Waals surface area contributed by atoms with Crippen LogP contribution in [0, 0.1) is 22.5 Å². The van der Waals surface area contributed by atoms with Crippen LogP contribution >= 0.6 is 11.6 Å². The van der Waals surface area contributed by atoms with Crippen molar-refractivity contribution < 1.29 is 9.72 Å². The number of aromatic nitrogens is 2. The minimum absolute atomic E-state index is 0.00415. The predicted octanol–water partition coefficient (Wildman–Crippen LogP) is 1.53. The van der Waals surface area contributed by atoms with E-state index in [1.807, 2.05) is 0 Å². The van der Waals surface area contributed by atoms with Crippen LogP contribution in [0.25, 0.3) is 0 Å². The van der Waals surface area contributed by atoms with Gasteiger partial charge < -0.3 is 10.6 Å². The Morgan fingerprint density at radius 1 is 1.45 bits per heavy atom. The van der Waals surface area contributed by atoms with Gasteiger partial charge in [-0.15, -0.1) is 0 Å². The first-order valence-corrected chi connectivity index (χ1v) is 6.21. The molecular weight excluding hydrogens is 286 g/mol. The van der Waals surface area contributed by atoms with Gasteiger partial charge in [0.25, 0.3) is 0 Å². The summed E-state index contributed by atoms with van der Waals surface area (Å²) in [7, 11) is 1.53. The third kappa shape index (κ3) is 3.53. The molecule has 1 aromatic heterocycles. The first-order chi connectivity index (χ1) is 9.19. The van der Waals surface area contributed by atoms with Crippen LogP contribution in [0.5, 0.6) is 0 Å². The molecule has 0 aromatic carbocycles. The molecule has 20 heavy (non-hydrogen) atoms. The van der Waals surface area contributed by atoms with Gasteiger partial charge >= 0.3 is 5.69 Å². The number of nitrogens with zero attached hydrogens (tertiary/aromatic N) is 3. The molecular formula is C11H16ClN5O3. The van der Waals surface area contributed by atoms with Gasteiger partial charge in [0.15, 0.2) is 0 Å². The maximum Gasteiger partial charge on any atom is 0.332 e. The number of aryl methyl sites for hydroxylation is 1. The third-order valence-electron chi connectivity index (χ3n) is 2.75. The number of halogens is 1. The largest absolute Gasteiger partial charge is 0.363 e. The van der Waals surface area contributed by atoms with Crippen LogP contribution in [0.1, 0.15) is 19.5 Å². The molecule has 0 aliphatic heterocycles. The molecule has 0 spiro atoms. The van der Waals surface area contributed by atoms with E-state index in [-0.39, 0.29) is 34.9 Å². The van der Waals surface area contributed by atoms with Gasteiger partial charge in [-0.1, -0.05) is 0 Å². The zero-order valence-electron chi connectivity index (χ0n) is 11.7. The van der Waals surface area contributed by atoms with Crippen LogP contribution in [0.3, 0.4) is 0 Å². The van der Waals surface area contributed by atoms with Gasteiger partial charge in [0.05, 0.1) is 10.3 Å². The van der Waals surface area contributed by atoms with Crippen molar-refractivity contribution in [2.75, 3.05) is 18.9 Å². The van der Waals surface area contributed by atoms with Gasteiger partial charge in [-0.25, -0.2) is 4.98 Å². The molecule has 1 aromatic rings. The predicted molar refractivity (Wildman–Crippen MR) is 74.8 cm³/mol. The Balaban J connectivity index is 3.04. The molecule has 1 heterocycles. The maximum atomic E-state index is 11.7. The third-order valence-corrected chi connectivity index (χ3v) is 2.92. The second-order valence-corrected chi connectivity index (χ2v) is 5.19. The van der Waals surface area contributed by atoms with E-state index in [1.54, 1.807) is 13.8 Å². The average Bonchev–Trinajstić information content (AvgIpc) is 2.33. The summed E-state index contributed by atoms with van der Waals surface area (Å²) >= 11 is 5.70. The molecule has 110 valence electrons. The maximum absolute atomic E-state index is 11.7. The van der Waals surface area contributed by atoms with Crippen LogP contribution in [0.4, 0.5) is 11.5 Å². The summed E-state index contributed by atoms with van der Waals surface area (Å²) in [5.74, 6) is -0.186. The lowest BCUT2D eigenvalue weighted by Gasteiger charge is -2.23. The Kier molecular flexibility index (Phi) is 4.83. The summed E-state index contributed by atoms with van der Waals surface area (Å²) in [6, 6.07) is 0. The number of hydrogen-bond donors (Lipinski definition) is 2. The highest BCUT2D eigenvalue weighted by Crippen LogP contribution is 2.27. The fourth-order valence-corrected chi connectivity index (χ4v) is 1.81. The minimum atomic E-state index is -0.756. The second kappa shape index (κ2) is 6.00. The van der Waals surface area contributed by atoms with Gasteiger partial charge in [-0.2, -0.15) is 4.98 Å². The summed E-state index contributed by atoms with van der Waals surface area (Å²) in [4.78, 5) is 29.7. The molecule has 0 fully saturated rings. The van der Waals surface area contributed by atoms with Gasteiger partial charge in [-0.3, -0.25) is 14.9 Å². The lowest BCUT2D eigenvalue weighted by atomic mass is 9.92. The van der Waals surface area contributed by atoms with E-state index in [0.29, 0.717) is 0 Å². The van der Waals surface area contributed by atoms with E-state index in [2.05, 4.69) is 20.6 Å². The Bertz CT molecular complexity index is 547. The Hall–Kier alpha value is -1.96. The number of hydrogen-bond acceptors (Lipinski definition) is 6. The number of nitro groups is 1. The van der Waals surface area contributed by atoms with E-state index < -0.39 is 10.3 Å². The topological polar surface area (TPSA) is 110 Å². The van der Waals surface area contributed by atoms with Gasteiger partial charge in [0.2, 0.25) is 17.0 Å². The van der Waals surface area contributed by atoms with Crippen molar-refractivity contribution in [3.63, 3.8) is 0 Å². The number of anilines is 1. The normalized spacial score (nSPS) is 11.1. The van der Waals surface area contributed by atoms with Gasteiger partial charge in [0, 0.05) is 13.6 Å². The molecule has 0 aliphatic carbocycles. The van der Waals surface area contributed by atoms with Crippen LogP contribution in [-0.2, 0) is 4.79 Å². The number of nitrogens with one attached hydrogen (secondary N) is 2. The molecule has 2 N–H and O–H groups in total. The number of carbonyl (C=O) groups excluding carboxylic acids is 1. The second-order valence-electron chi connectivity index (χ2n) is 4.85. The molecule has 1 rings (SSSR count). The lowest BCUT2D eigenvalue weighted by molar-refractivity contribution is -0.385. The van der Waals surface area contributed by atoms with Crippen LogP contribution in [0.15, 0.2) is 0 Å². The Labute approximate surface area is 121 Å². The lowest BCUT2D eigenvalue weighted by Crippen LogP contribution is -2.39. The van der Waals surface area contributed by atoms with E-state index in [4.69, 9.17) is 11.6 Å². The SMILES string of the molecule is CNC(=O)C(C)(C)CNc1nc(Cl)nc(C)c1[N+](=O)[O-]. The highest BCUT2D eigenvalue weighted by molar-refractivity contribution is 6.28. The van der Waals surface area contributed by atoms with Crippen LogP contribution in [-0.4, -0.2) is 34.4 Å². The molecule has 0 saturated carbocycles. The van der Waals surface area contributed by atoms with Gasteiger partial charge in [-0.05, 0) is 32.4 Å². The zero-order valence-corrected chi connectivity index (χ0v) is 12.4. The smallest absolute Gasteiger partial charge is 0.332 e. The highest BCUT2D eigenvalue weighted by atomic mass is 35.5. The van der Waals surface area contributed by atoms with Crippen molar-refractivity contribution >= 4 is 29.0 Å². The summed E-state index contributed by atoms with van der Waals surface area (Å²) in [6.45, 7) is 5.06. The highest BCUT2D eigenvalue weighted by Gasteiger charge is 2.29. The van der Waals surface area contributed by atoms with Crippen LogP contribution < -0.4 is 10.6 Å². The molecule has 1 amide bonds. The summed E-state index contributed by atoms with van der Waals surface area (Å²) in [5, 5.41) is 16.3. The summed E-state index contributed by atoms with van der Waals surface area (Å²) in [5.41, 5.74) is -0.842. The number of amides is 1. The van der Waals surface area contributed by atoms with Crippen molar-refractivity contribution in [3.8, 4) is 0 Å².